The van der Waals surface area contributed by atoms with Gasteiger partial charge in [0.15, 0.2) is 0 Å². The molecule has 30 heavy (non-hydrogen) atoms. The van der Waals surface area contributed by atoms with Crippen LogP contribution in [0.2, 0.25) is 0 Å². The highest BCUT2D eigenvalue weighted by Gasteiger charge is 2.31. The first-order chi connectivity index (χ1) is 14.0. The van der Waals surface area contributed by atoms with Gasteiger partial charge in [0.05, 0.1) is 7.11 Å². The number of fused-ring (bicyclic) bond motifs is 1. The van der Waals surface area contributed by atoms with Gasteiger partial charge in [-0.25, -0.2) is 9.59 Å². The molecule has 1 aromatic carbocycles. The zero-order chi connectivity index (χ0) is 22.5. The third-order valence-corrected chi connectivity index (χ3v) is 4.53. The number of aromatic amines is 1. The van der Waals surface area contributed by atoms with Crippen molar-refractivity contribution < 1.29 is 23.9 Å². The lowest BCUT2D eigenvalue weighted by molar-refractivity contribution is -0.146. The summed E-state index contributed by atoms with van der Waals surface area (Å²) in [4.78, 5) is 40.6. The Labute approximate surface area is 176 Å². The minimum Gasteiger partial charge on any atom is -0.467 e. The monoisotopic (exact) mass is 417 g/mol. The number of benzene rings is 1. The molecule has 1 heterocycles. The lowest BCUT2D eigenvalue weighted by Crippen LogP contribution is -2.54. The molecule has 0 saturated carbocycles. The Morgan fingerprint density at radius 2 is 1.77 bits per heavy atom. The number of amides is 2. The second kappa shape index (κ2) is 9.65. The van der Waals surface area contributed by atoms with Crippen molar-refractivity contribution in [3.8, 4) is 0 Å². The van der Waals surface area contributed by atoms with Gasteiger partial charge in [-0.1, -0.05) is 32.0 Å². The maximum Gasteiger partial charge on any atom is 0.408 e. The summed E-state index contributed by atoms with van der Waals surface area (Å²) in [6.07, 6.45) is 1.32. The number of H-pyrrole nitrogens is 1. The first-order valence-corrected chi connectivity index (χ1v) is 9.94. The molecule has 0 aliphatic heterocycles. The molecule has 0 aliphatic rings. The molecule has 2 atom stereocenters. The van der Waals surface area contributed by atoms with Crippen LogP contribution in [0.1, 0.15) is 40.2 Å². The number of esters is 1. The summed E-state index contributed by atoms with van der Waals surface area (Å²) in [5.74, 6) is -1.21. The quantitative estimate of drug-likeness (QED) is 0.600. The highest BCUT2D eigenvalue weighted by atomic mass is 16.6. The average Bonchev–Trinajstić information content (AvgIpc) is 3.06. The van der Waals surface area contributed by atoms with E-state index in [1.807, 2.05) is 30.5 Å². The van der Waals surface area contributed by atoms with Crippen LogP contribution in [-0.2, 0) is 25.5 Å². The second-order valence-electron chi connectivity index (χ2n) is 8.52. The molecule has 8 nitrogen and oxygen atoms in total. The number of aromatic nitrogens is 1. The van der Waals surface area contributed by atoms with Crippen molar-refractivity contribution in [2.24, 2.45) is 5.92 Å². The summed E-state index contributed by atoms with van der Waals surface area (Å²) in [6, 6.07) is 5.92. The highest BCUT2D eigenvalue weighted by molar-refractivity contribution is 5.91. The van der Waals surface area contributed by atoms with Crippen LogP contribution in [0, 0.1) is 5.92 Å². The van der Waals surface area contributed by atoms with Gasteiger partial charge in [-0.3, -0.25) is 4.79 Å². The Morgan fingerprint density at radius 3 is 2.37 bits per heavy atom. The number of methoxy groups -OCH3 is 1. The van der Waals surface area contributed by atoms with Crippen molar-refractivity contribution in [1.82, 2.24) is 15.6 Å². The molecule has 0 spiro atoms. The molecule has 0 aliphatic carbocycles. The van der Waals surface area contributed by atoms with E-state index in [0.717, 1.165) is 16.5 Å². The lowest BCUT2D eigenvalue weighted by Gasteiger charge is -2.26. The molecule has 2 amide bonds. The molecule has 2 rings (SSSR count). The predicted molar refractivity (Wildman–Crippen MR) is 114 cm³/mol. The smallest absolute Gasteiger partial charge is 0.408 e. The first kappa shape index (κ1) is 23.3. The van der Waals surface area contributed by atoms with Gasteiger partial charge in [-0.05, 0) is 38.3 Å². The van der Waals surface area contributed by atoms with Crippen LogP contribution < -0.4 is 10.6 Å². The number of carbonyl (C=O) groups is 3. The van der Waals surface area contributed by atoms with E-state index in [1.54, 1.807) is 34.6 Å². The van der Waals surface area contributed by atoms with E-state index in [1.165, 1.54) is 7.11 Å². The zero-order valence-electron chi connectivity index (χ0n) is 18.4. The Morgan fingerprint density at radius 1 is 1.10 bits per heavy atom. The van der Waals surface area contributed by atoms with E-state index in [9.17, 15) is 14.4 Å². The molecule has 0 radical (unpaired) electrons. The summed E-state index contributed by atoms with van der Waals surface area (Å²) < 4.78 is 10.1. The van der Waals surface area contributed by atoms with Crippen molar-refractivity contribution in [1.29, 1.82) is 0 Å². The molecular formula is C22H31N3O5. The van der Waals surface area contributed by atoms with Gasteiger partial charge in [-0.15, -0.1) is 0 Å². The molecule has 0 fully saturated rings. The fourth-order valence-corrected chi connectivity index (χ4v) is 3.06. The molecule has 8 heteroatoms. The third-order valence-electron chi connectivity index (χ3n) is 4.53. The average molecular weight is 418 g/mol. The first-order valence-electron chi connectivity index (χ1n) is 9.94. The van der Waals surface area contributed by atoms with Gasteiger partial charge >= 0.3 is 12.1 Å². The fraction of sp³-hybridized carbons (Fsp3) is 0.500. The van der Waals surface area contributed by atoms with Gasteiger partial charge in [0, 0.05) is 23.5 Å². The Bertz CT molecular complexity index is 898. The molecular weight excluding hydrogens is 386 g/mol. The van der Waals surface area contributed by atoms with Crippen LogP contribution in [0.3, 0.4) is 0 Å². The highest BCUT2D eigenvalue weighted by Crippen LogP contribution is 2.19. The Hall–Kier alpha value is -3.03. The SMILES string of the molecule is COC(=O)C(NC(=O)C(Cc1c[nH]c2ccccc12)NC(=O)OC(C)(C)C)C(C)C. The number of hydrogen-bond donors (Lipinski definition) is 3. The lowest BCUT2D eigenvalue weighted by atomic mass is 10.0. The van der Waals surface area contributed by atoms with Gasteiger partial charge in [-0.2, -0.15) is 0 Å². The van der Waals surface area contributed by atoms with Crippen molar-refractivity contribution >= 4 is 28.9 Å². The van der Waals surface area contributed by atoms with Crippen LogP contribution in [-0.4, -0.2) is 47.7 Å². The fourth-order valence-electron chi connectivity index (χ4n) is 3.06. The maximum atomic E-state index is 13.0. The number of rotatable bonds is 7. The van der Waals surface area contributed by atoms with E-state index >= 15 is 0 Å². The summed E-state index contributed by atoms with van der Waals surface area (Å²) >= 11 is 0. The summed E-state index contributed by atoms with van der Waals surface area (Å²) in [6.45, 7) is 8.84. The number of nitrogens with one attached hydrogen (secondary N) is 3. The van der Waals surface area contributed by atoms with Crippen LogP contribution in [0.5, 0.6) is 0 Å². The number of alkyl carbamates (subject to hydrolysis) is 1. The van der Waals surface area contributed by atoms with E-state index < -0.39 is 35.7 Å². The van der Waals surface area contributed by atoms with Gasteiger partial charge in [0.25, 0.3) is 0 Å². The normalized spacial score (nSPS) is 13.6. The summed E-state index contributed by atoms with van der Waals surface area (Å²) in [7, 11) is 1.27. The molecule has 0 saturated heterocycles. The number of para-hydroxylation sites is 1. The van der Waals surface area contributed by atoms with Gasteiger partial charge in [0.1, 0.15) is 17.7 Å². The van der Waals surface area contributed by atoms with Crippen molar-refractivity contribution in [3.05, 3.63) is 36.0 Å². The molecule has 3 N–H and O–H groups in total. The Balaban J connectivity index is 2.26. The molecule has 2 aromatic rings. The van der Waals surface area contributed by atoms with E-state index in [2.05, 4.69) is 15.6 Å². The maximum absolute atomic E-state index is 13.0. The van der Waals surface area contributed by atoms with Crippen molar-refractivity contribution in [3.63, 3.8) is 0 Å². The van der Waals surface area contributed by atoms with Gasteiger partial charge in [0.2, 0.25) is 5.91 Å². The summed E-state index contributed by atoms with van der Waals surface area (Å²) in [5, 5.41) is 6.29. The summed E-state index contributed by atoms with van der Waals surface area (Å²) in [5.41, 5.74) is 1.08. The van der Waals surface area contributed by atoms with E-state index in [0.29, 0.717) is 0 Å². The number of hydrogen-bond acceptors (Lipinski definition) is 5. The largest absolute Gasteiger partial charge is 0.467 e. The number of carbonyl (C=O) groups excluding carboxylic acids is 3. The Kier molecular flexibility index (Phi) is 7.48. The third kappa shape index (κ3) is 6.23. The molecule has 0 bridgehead atoms. The van der Waals surface area contributed by atoms with Crippen LogP contribution >= 0.6 is 0 Å². The molecule has 1 aromatic heterocycles. The van der Waals surface area contributed by atoms with Gasteiger partial charge < -0.3 is 25.1 Å². The van der Waals surface area contributed by atoms with Crippen molar-refractivity contribution in [2.75, 3.05) is 7.11 Å². The van der Waals surface area contributed by atoms with Crippen molar-refractivity contribution in [2.45, 2.75) is 58.7 Å². The molecule has 2 unspecified atom stereocenters. The zero-order valence-corrected chi connectivity index (χ0v) is 18.4. The standard InChI is InChI=1S/C22H31N3O5/c1-13(2)18(20(27)29-6)25-19(26)17(24-21(28)30-22(3,4)5)11-14-12-23-16-10-8-7-9-15(14)16/h7-10,12-13,17-18,23H,11H2,1-6H3,(H,24,28)(H,25,26). The number of ether oxygens (including phenoxy) is 2. The minimum atomic E-state index is -0.940. The minimum absolute atomic E-state index is 0.184. The predicted octanol–water partition coefficient (Wildman–Crippen LogP) is 2.92. The molecule has 164 valence electrons. The van der Waals surface area contributed by atoms with Crippen LogP contribution in [0.15, 0.2) is 30.5 Å². The van der Waals surface area contributed by atoms with E-state index in [4.69, 9.17) is 9.47 Å². The second-order valence-corrected chi connectivity index (χ2v) is 8.52. The van der Waals surface area contributed by atoms with E-state index in [-0.39, 0.29) is 12.3 Å². The van der Waals surface area contributed by atoms with Crippen LogP contribution in [0.25, 0.3) is 10.9 Å². The van der Waals surface area contributed by atoms with Crippen LogP contribution in [0.4, 0.5) is 4.79 Å². The topological polar surface area (TPSA) is 110 Å².